The van der Waals surface area contributed by atoms with Gasteiger partial charge in [0.2, 0.25) is 0 Å². The van der Waals surface area contributed by atoms with Gasteiger partial charge in [-0.2, -0.15) is 0 Å². The lowest BCUT2D eigenvalue weighted by molar-refractivity contribution is -0.0487. The van der Waals surface area contributed by atoms with Gasteiger partial charge < -0.3 is 10.3 Å². The van der Waals surface area contributed by atoms with Crippen molar-refractivity contribution in [2.24, 2.45) is 11.3 Å². The van der Waals surface area contributed by atoms with Crippen LogP contribution in [0, 0.1) is 11.3 Å². The maximum atomic E-state index is 12.9. The Kier molecular flexibility index (Phi) is 4.27. The van der Waals surface area contributed by atoms with E-state index in [9.17, 15) is 4.79 Å². The fourth-order valence-corrected chi connectivity index (χ4v) is 6.88. The Morgan fingerprint density at radius 3 is 2.63 bits per heavy atom. The number of hydrogen-bond acceptors (Lipinski definition) is 5. The number of nitrogens with zero attached hydrogens (tertiary/aromatic N) is 4. The third-order valence-electron chi connectivity index (χ3n) is 8.34. The number of rotatable bonds is 2. The molecule has 3 fully saturated rings. The highest BCUT2D eigenvalue weighted by Gasteiger charge is 2.48. The number of nitrogens with two attached hydrogens (primary N) is 1. The fourth-order valence-electron chi connectivity index (χ4n) is 6.88. The minimum absolute atomic E-state index is 0.0904. The van der Waals surface area contributed by atoms with Crippen molar-refractivity contribution in [1.82, 2.24) is 19.4 Å². The van der Waals surface area contributed by atoms with Crippen LogP contribution in [0.1, 0.15) is 63.0 Å². The lowest BCUT2D eigenvalue weighted by Crippen LogP contribution is -2.57. The van der Waals surface area contributed by atoms with Crippen molar-refractivity contribution in [2.75, 3.05) is 18.8 Å². The number of anilines is 1. The maximum Gasteiger partial charge on any atom is 0.251 e. The fraction of sp³-hybridized carbons (Fsp3) is 0.625. The van der Waals surface area contributed by atoms with Gasteiger partial charge in [0.25, 0.3) is 5.56 Å². The molecule has 6 heteroatoms. The monoisotopic (exact) mass is 405 g/mol. The van der Waals surface area contributed by atoms with Crippen LogP contribution in [-0.4, -0.2) is 38.6 Å². The molecule has 6 nitrogen and oxygen atoms in total. The van der Waals surface area contributed by atoms with E-state index in [0.29, 0.717) is 23.1 Å². The van der Waals surface area contributed by atoms with Crippen molar-refractivity contribution >= 4 is 5.82 Å². The molecule has 0 radical (unpaired) electrons. The lowest BCUT2D eigenvalue weighted by atomic mass is 9.57. The zero-order valence-corrected chi connectivity index (χ0v) is 17.6. The third kappa shape index (κ3) is 3.08. The standard InChI is InChI=1S/C24H31N5O/c25-22-9-20(26-15-27-22)17-7-21-18-6-16(13-29(21)23(30)8-17)12-28(14-18)19-10-24(11-19)4-2-1-3-5-24/h7-9,15-16,18-19H,1-6,10-14H2,(H2,25,26,27)/t16-,18+/m0/s1. The molecule has 1 saturated heterocycles. The number of piperidine rings is 1. The van der Waals surface area contributed by atoms with Gasteiger partial charge in [-0.3, -0.25) is 9.69 Å². The first kappa shape index (κ1) is 18.6. The molecule has 2 aromatic heterocycles. The van der Waals surface area contributed by atoms with E-state index in [0.717, 1.165) is 36.9 Å². The van der Waals surface area contributed by atoms with Crippen molar-refractivity contribution in [3.8, 4) is 11.3 Å². The molecule has 2 aliphatic heterocycles. The third-order valence-corrected chi connectivity index (χ3v) is 8.34. The van der Waals surface area contributed by atoms with E-state index in [1.165, 1.54) is 63.4 Å². The smallest absolute Gasteiger partial charge is 0.251 e. The maximum absolute atomic E-state index is 12.9. The molecule has 0 amide bonds. The van der Waals surface area contributed by atoms with Crippen LogP contribution in [0.15, 0.2) is 29.3 Å². The van der Waals surface area contributed by atoms with Gasteiger partial charge in [0, 0.05) is 55.0 Å². The van der Waals surface area contributed by atoms with Gasteiger partial charge in [-0.05, 0) is 49.5 Å². The molecule has 0 aromatic carbocycles. The molecule has 2 N–H and O–H groups in total. The predicted octanol–water partition coefficient (Wildman–Crippen LogP) is 3.42. The summed E-state index contributed by atoms with van der Waals surface area (Å²) in [4.78, 5) is 24.0. The van der Waals surface area contributed by atoms with Crippen LogP contribution in [0.25, 0.3) is 11.3 Å². The molecule has 4 heterocycles. The Morgan fingerprint density at radius 2 is 1.83 bits per heavy atom. The summed E-state index contributed by atoms with van der Waals surface area (Å²) in [6.07, 6.45) is 12.7. The van der Waals surface area contributed by atoms with E-state index < -0.39 is 0 Å². The second kappa shape index (κ2) is 6.91. The second-order valence-electron chi connectivity index (χ2n) is 10.3. The summed E-state index contributed by atoms with van der Waals surface area (Å²) in [7, 11) is 0. The highest BCUT2D eigenvalue weighted by Crippen LogP contribution is 2.54. The van der Waals surface area contributed by atoms with E-state index >= 15 is 0 Å². The normalized spacial score (nSPS) is 28.1. The molecule has 6 rings (SSSR count). The number of nitrogen functional groups attached to an aromatic ring is 1. The molecular weight excluding hydrogens is 374 g/mol. The summed E-state index contributed by atoms with van der Waals surface area (Å²) in [5.41, 5.74) is 9.38. The Morgan fingerprint density at radius 1 is 1.00 bits per heavy atom. The zero-order valence-electron chi connectivity index (χ0n) is 17.6. The molecule has 2 bridgehead atoms. The van der Waals surface area contributed by atoms with Gasteiger partial charge in [-0.25, -0.2) is 9.97 Å². The molecule has 2 atom stereocenters. The number of aromatic nitrogens is 3. The van der Waals surface area contributed by atoms with Crippen LogP contribution in [0.4, 0.5) is 5.82 Å². The van der Waals surface area contributed by atoms with E-state index in [2.05, 4.69) is 20.9 Å². The topological polar surface area (TPSA) is 77.0 Å². The first-order chi connectivity index (χ1) is 14.6. The SMILES string of the molecule is Nc1cc(-c2cc3n(c(=O)c2)C[C@H]2C[C@@H]3CN(C3CC4(CCCCC4)C3)C2)ncn1. The minimum Gasteiger partial charge on any atom is -0.384 e. The van der Waals surface area contributed by atoms with Crippen molar-refractivity contribution < 1.29 is 0 Å². The molecular formula is C24H31N5O. The predicted molar refractivity (Wildman–Crippen MR) is 117 cm³/mol. The van der Waals surface area contributed by atoms with E-state index in [-0.39, 0.29) is 5.56 Å². The Balaban J connectivity index is 1.26. The molecule has 1 spiro atoms. The summed E-state index contributed by atoms with van der Waals surface area (Å²) < 4.78 is 2.02. The van der Waals surface area contributed by atoms with Gasteiger partial charge in [0.1, 0.15) is 12.1 Å². The number of fused-ring (bicyclic) bond motifs is 4. The van der Waals surface area contributed by atoms with Crippen LogP contribution in [0.5, 0.6) is 0 Å². The quantitative estimate of drug-likeness (QED) is 0.828. The molecule has 158 valence electrons. The van der Waals surface area contributed by atoms with Crippen LogP contribution in [0.3, 0.4) is 0 Å². The van der Waals surface area contributed by atoms with Crippen LogP contribution in [-0.2, 0) is 6.54 Å². The Hall–Kier alpha value is -2.21. The summed E-state index contributed by atoms with van der Waals surface area (Å²) in [5, 5.41) is 0. The molecule has 0 unspecified atom stereocenters. The average Bonchev–Trinajstić information content (AvgIpc) is 2.73. The number of pyridine rings is 1. The molecule has 2 saturated carbocycles. The average molecular weight is 406 g/mol. The number of hydrogen-bond donors (Lipinski definition) is 1. The van der Waals surface area contributed by atoms with Gasteiger partial charge in [-0.1, -0.05) is 19.3 Å². The van der Waals surface area contributed by atoms with Gasteiger partial charge in [0.15, 0.2) is 0 Å². The first-order valence-electron chi connectivity index (χ1n) is 11.7. The van der Waals surface area contributed by atoms with Crippen molar-refractivity contribution in [3.63, 3.8) is 0 Å². The van der Waals surface area contributed by atoms with Crippen molar-refractivity contribution in [3.05, 3.63) is 40.6 Å². The highest BCUT2D eigenvalue weighted by atomic mass is 16.1. The lowest BCUT2D eigenvalue weighted by Gasteiger charge is -2.56. The first-order valence-corrected chi connectivity index (χ1v) is 11.7. The van der Waals surface area contributed by atoms with Crippen LogP contribution in [0.2, 0.25) is 0 Å². The summed E-state index contributed by atoms with van der Waals surface area (Å²) in [5.74, 6) is 1.47. The van der Waals surface area contributed by atoms with Crippen LogP contribution >= 0.6 is 0 Å². The second-order valence-corrected chi connectivity index (χ2v) is 10.3. The highest BCUT2D eigenvalue weighted by molar-refractivity contribution is 5.61. The van der Waals surface area contributed by atoms with E-state index in [1.807, 2.05) is 4.57 Å². The van der Waals surface area contributed by atoms with Gasteiger partial charge >= 0.3 is 0 Å². The van der Waals surface area contributed by atoms with Gasteiger partial charge in [-0.15, -0.1) is 0 Å². The Labute approximate surface area is 177 Å². The zero-order chi connectivity index (χ0) is 20.3. The molecule has 4 aliphatic rings. The summed E-state index contributed by atoms with van der Waals surface area (Å²) in [6.45, 7) is 3.10. The minimum atomic E-state index is 0.0904. The largest absolute Gasteiger partial charge is 0.384 e. The van der Waals surface area contributed by atoms with Crippen molar-refractivity contribution in [1.29, 1.82) is 0 Å². The van der Waals surface area contributed by atoms with E-state index in [1.54, 1.807) is 12.1 Å². The van der Waals surface area contributed by atoms with Crippen LogP contribution < -0.4 is 11.3 Å². The summed E-state index contributed by atoms with van der Waals surface area (Å²) in [6, 6.07) is 6.40. The Bertz CT molecular complexity index is 1020. The molecule has 2 aliphatic carbocycles. The molecule has 2 aromatic rings. The van der Waals surface area contributed by atoms with Gasteiger partial charge in [0.05, 0.1) is 5.69 Å². The number of likely N-dealkylation sites (tertiary alicyclic amines) is 1. The summed E-state index contributed by atoms with van der Waals surface area (Å²) >= 11 is 0. The molecule has 30 heavy (non-hydrogen) atoms. The van der Waals surface area contributed by atoms with E-state index in [4.69, 9.17) is 5.73 Å². The van der Waals surface area contributed by atoms with Crippen molar-refractivity contribution in [2.45, 2.75) is 69.9 Å².